The molecule has 1 aliphatic carbocycles. The summed E-state index contributed by atoms with van der Waals surface area (Å²) in [6, 6.07) is 0. The predicted octanol–water partition coefficient (Wildman–Crippen LogP) is 1.91. The molecule has 0 spiro atoms. The highest BCUT2D eigenvalue weighted by Gasteiger charge is 2.25. The Kier molecular flexibility index (Phi) is 5.81. The highest BCUT2D eigenvalue weighted by Crippen LogP contribution is 2.30. The summed E-state index contributed by atoms with van der Waals surface area (Å²) >= 11 is 0. The summed E-state index contributed by atoms with van der Waals surface area (Å²) in [7, 11) is 0. The van der Waals surface area contributed by atoms with Crippen LogP contribution in [0.4, 0.5) is 0 Å². The highest BCUT2D eigenvalue weighted by molar-refractivity contribution is 5.78. The number of carbonyl (C=O) groups excluding carboxylic acids is 1. The van der Waals surface area contributed by atoms with Gasteiger partial charge in [0.05, 0.1) is 0 Å². The Morgan fingerprint density at radius 3 is 2.44 bits per heavy atom. The Morgan fingerprint density at radius 2 is 1.94 bits per heavy atom. The summed E-state index contributed by atoms with van der Waals surface area (Å²) in [5.74, 6) is 1.82. The van der Waals surface area contributed by atoms with Crippen molar-refractivity contribution in [3.05, 3.63) is 0 Å². The van der Waals surface area contributed by atoms with E-state index in [4.69, 9.17) is 5.73 Å². The Bertz CT molecular complexity index is 208. The van der Waals surface area contributed by atoms with Crippen molar-refractivity contribution in [2.45, 2.75) is 46.0 Å². The summed E-state index contributed by atoms with van der Waals surface area (Å²) in [6.45, 7) is 5.84. The average molecular weight is 226 g/mol. The first-order valence-corrected chi connectivity index (χ1v) is 6.61. The number of hydrogen-bond acceptors (Lipinski definition) is 2. The van der Waals surface area contributed by atoms with Crippen LogP contribution in [0.25, 0.3) is 0 Å². The van der Waals surface area contributed by atoms with Gasteiger partial charge in [-0.05, 0) is 50.5 Å². The van der Waals surface area contributed by atoms with Crippen LogP contribution < -0.4 is 11.1 Å². The molecule has 94 valence electrons. The van der Waals surface area contributed by atoms with E-state index in [2.05, 4.69) is 19.2 Å². The molecule has 1 fully saturated rings. The van der Waals surface area contributed by atoms with Crippen molar-refractivity contribution in [3.8, 4) is 0 Å². The number of nitrogens with one attached hydrogen (secondary N) is 1. The Balaban J connectivity index is 2.22. The van der Waals surface area contributed by atoms with Gasteiger partial charge in [0.2, 0.25) is 5.91 Å². The lowest BCUT2D eigenvalue weighted by Gasteiger charge is -2.27. The van der Waals surface area contributed by atoms with Crippen LogP contribution in [0.15, 0.2) is 0 Å². The highest BCUT2D eigenvalue weighted by atomic mass is 16.1. The predicted molar refractivity (Wildman–Crippen MR) is 67.0 cm³/mol. The topological polar surface area (TPSA) is 55.1 Å². The van der Waals surface area contributed by atoms with E-state index in [9.17, 15) is 4.79 Å². The number of rotatable bonds is 5. The van der Waals surface area contributed by atoms with Crippen LogP contribution in [-0.4, -0.2) is 19.0 Å². The van der Waals surface area contributed by atoms with Crippen LogP contribution in [0.2, 0.25) is 0 Å². The van der Waals surface area contributed by atoms with Gasteiger partial charge < -0.3 is 11.1 Å². The van der Waals surface area contributed by atoms with E-state index >= 15 is 0 Å². The second-order valence-corrected chi connectivity index (χ2v) is 5.43. The summed E-state index contributed by atoms with van der Waals surface area (Å²) in [5, 5.41) is 3.04. The van der Waals surface area contributed by atoms with Crippen LogP contribution in [-0.2, 0) is 4.79 Å². The molecule has 0 atom stereocenters. The van der Waals surface area contributed by atoms with E-state index in [-0.39, 0.29) is 11.8 Å². The van der Waals surface area contributed by atoms with Crippen molar-refractivity contribution in [3.63, 3.8) is 0 Å². The molecule has 16 heavy (non-hydrogen) atoms. The molecular weight excluding hydrogens is 200 g/mol. The van der Waals surface area contributed by atoms with Crippen LogP contribution >= 0.6 is 0 Å². The van der Waals surface area contributed by atoms with Gasteiger partial charge >= 0.3 is 0 Å². The molecule has 0 aromatic rings. The molecule has 1 rings (SSSR count). The summed E-state index contributed by atoms with van der Waals surface area (Å²) in [5.41, 5.74) is 5.56. The number of hydrogen-bond donors (Lipinski definition) is 2. The molecule has 0 saturated heterocycles. The normalized spacial score (nSPS) is 25.8. The smallest absolute Gasteiger partial charge is 0.223 e. The molecule has 0 unspecified atom stereocenters. The van der Waals surface area contributed by atoms with Gasteiger partial charge in [-0.15, -0.1) is 0 Å². The summed E-state index contributed by atoms with van der Waals surface area (Å²) in [6.07, 6.45) is 5.58. The van der Waals surface area contributed by atoms with Gasteiger partial charge in [-0.3, -0.25) is 4.79 Å². The standard InChI is InChI=1S/C13H26N2O/c1-10(2)9-15-13(16)12-5-3-11(4-6-12)7-8-14/h10-12H,3-9,14H2,1-2H3,(H,15,16). The van der Waals surface area contributed by atoms with Crippen LogP contribution in [0.3, 0.4) is 0 Å². The maximum Gasteiger partial charge on any atom is 0.223 e. The number of carbonyl (C=O) groups is 1. The van der Waals surface area contributed by atoms with Crippen LogP contribution in [0.5, 0.6) is 0 Å². The largest absolute Gasteiger partial charge is 0.356 e. The third kappa shape index (κ3) is 4.52. The van der Waals surface area contributed by atoms with Gasteiger partial charge in [0.15, 0.2) is 0 Å². The molecule has 0 bridgehead atoms. The monoisotopic (exact) mass is 226 g/mol. The van der Waals surface area contributed by atoms with E-state index in [1.54, 1.807) is 0 Å². The fourth-order valence-electron chi connectivity index (χ4n) is 2.40. The molecule has 1 aliphatic rings. The molecule has 3 nitrogen and oxygen atoms in total. The quantitative estimate of drug-likeness (QED) is 0.752. The summed E-state index contributed by atoms with van der Waals surface area (Å²) < 4.78 is 0. The van der Waals surface area contributed by atoms with Crippen molar-refractivity contribution in [2.24, 2.45) is 23.5 Å². The lowest BCUT2D eigenvalue weighted by atomic mass is 9.80. The van der Waals surface area contributed by atoms with E-state index < -0.39 is 0 Å². The van der Waals surface area contributed by atoms with Gasteiger partial charge in [-0.2, -0.15) is 0 Å². The lowest BCUT2D eigenvalue weighted by molar-refractivity contribution is -0.126. The second kappa shape index (κ2) is 6.89. The zero-order valence-electron chi connectivity index (χ0n) is 10.7. The van der Waals surface area contributed by atoms with Crippen LogP contribution in [0.1, 0.15) is 46.0 Å². The fourth-order valence-corrected chi connectivity index (χ4v) is 2.40. The molecule has 0 aromatic heterocycles. The Labute approximate surface area is 99.2 Å². The van der Waals surface area contributed by atoms with Crippen molar-refractivity contribution < 1.29 is 4.79 Å². The minimum absolute atomic E-state index is 0.257. The minimum Gasteiger partial charge on any atom is -0.356 e. The Hall–Kier alpha value is -0.570. The van der Waals surface area contributed by atoms with E-state index in [1.807, 2.05) is 0 Å². The molecule has 0 heterocycles. The van der Waals surface area contributed by atoms with Crippen molar-refractivity contribution in [1.29, 1.82) is 0 Å². The van der Waals surface area contributed by atoms with Crippen molar-refractivity contribution in [2.75, 3.05) is 13.1 Å². The molecule has 3 N–H and O–H groups in total. The van der Waals surface area contributed by atoms with Gasteiger partial charge in [0.1, 0.15) is 0 Å². The zero-order chi connectivity index (χ0) is 12.0. The first-order valence-electron chi connectivity index (χ1n) is 6.61. The lowest BCUT2D eigenvalue weighted by Crippen LogP contribution is -2.35. The van der Waals surface area contributed by atoms with Gasteiger partial charge in [0.25, 0.3) is 0 Å². The summed E-state index contributed by atoms with van der Waals surface area (Å²) in [4.78, 5) is 11.8. The minimum atomic E-state index is 0.257. The molecular formula is C13H26N2O. The van der Waals surface area contributed by atoms with E-state index in [0.717, 1.165) is 38.3 Å². The van der Waals surface area contributed by atoms with Gasteiger partial charge in [-0.25, -0.2) is 0 Å². The van der Waals surface area contributed by atoms with Crippen LogP contribution in [0, 0.1) is 17.8 Å². The van der Waals surface area contributed by atoms with E-state index in [0.29, 0.717) is 5.92 Å². The third-order valence-electron chi connectivity index (χ3n) is 3.48. The first-order chi connectivity index (χ1) is 7.63. The fraction of sp³-hybridized carbons (Fsp3) is 0.923. The molecule has 0 radical (unpaired) electrons. The maximum atomic E-state index is 11.8. The maximum absolute atomic E-state index is 11.8. The van der Waals surface area contributed by atoms with E-state index in [1.165, 1.54) is 12.8 Å². The Morgan fingerprint density at radius 1 is 1.31 bits per heavy atom. The number of amides is 1. The van der Waals surface area contributed by atoms with Gasteiger partial charge in [-0.1, -0.05) is 13.8 Å². The van der Waals surface area contributed by atoms with Crippen molar-refractivity contribution in [1.82, 2.24) is 5.32 Å². The average Bonchev–Trinajstić information content (AvgIpc) is 2.27. The second-order valence-electron chi connectivity index (χ2n) is 5.43. The molecule has 0 aromatic carbocycles. The SMILES string of the molecule is CC(C)CNC(=O)C1CCC(CCN)CC1. The molecule has 1 amide bonds. The molecule has 0 aliphatic heterocycles. The molecule has 3 heteroatoms. The van der Waals surface area contributed by atoms with Crippen molar-refractivity contribution >= 4 is 5.91 Å². The molecule has 1 saturated carbocycles. The van der Waals surface area contributed by atoms with Gasteiger partial charge in [0, 0.05) is 12.5 Å². The first kappa shape index (κ1) is 13.5. The zero-order valence-corrected chi connectivity index (χ0v) is 10.7. The number of nitrogens with two attached hydrogens (primary N) is 1. The third-order valence-corrected chi connectivity index (χ3v) is 3.48.